The van der Waals surface area contributed by atoms with Crippen molar-refractivity contribution in [2.24, 2.45) is 5.92 Å². The molecule has 224 valence electrons. The maximum atomic E-state index is 14.2. The number of hydrogen-bond acceptors (Lipinski definition) is 6. The molecule has 3 heterocycles. The zero-order valence-corrected chi connectivity index (χ0v) is 25.8. The molecule has 6 rings (SSSR count). The molecular weight excluding hydrogens is 608 g/mol. The molecular formula is C34H37BrN4O4. The molecule has 2 amide bonds. The minimum absolute atomic E-state index is 0.000827. The van der Waals surface area contributed by atoms with Crippen LogP contribution in [0.2, 0.25) is 0 Å². The fourth-order valence-corrected chi connectivity index (χ4v) is 7.12. The Morgan fingerprint density at radius 3 is 2.47 bits per heavy atom. The summed E-state index contributed by atoms with van der Waals surface area (Å²) in [6.07, 6.45) is 5.49. The molecule has 0 saturated carbocycles. The predicted molar refractivity (Wildman–Crippen MR) is 172 cm³/mol. The van der Waals surface area contributed by atoms with Crippen molar-refractivity contribution in [1.29, 1.82) is 0 Å². The van der Waals surface area contributed by atoms with Gasteiger partial charge in [-0.05, 0) is 80.4 Å². The Labute approximate surface area is 260 Å². The van der Waals surface area contributed by atoms with Crippen molar-refractivity contribution >= 4 is 44.8 Å². The largest absolute Gasteiger partial charge is 0.396 e. The van der Waals surface area contributed by atoms with Gasteiger partial charge in [0.25, 0.3) is 11.8 Å². The molecule has 2 fully saturated rings. The lowest BCUT2D eigenvalue weighted by molar-refractivity contribution is -0.139. The molecule has 3 aromatic carbocycles. The smallest absolute Gasteiger partial charge is 0.264 e. The summed E-state index contributed by atoms with van der Waals surface area (Å²) < 4.78 is 0.773. The van der Waals surface area contributed by atoms with Gasteiger partial charge in [-0.1, -0.05) is 65.3 Å². The first-order valence-electron chi connectivity index (χ1n) is 14.9. The van der Waals surface area contributed by atoms with Gasteiger partial charge in [-0.25, -0.2) is 0 Å². The van der Waals surface area contributed by atoms with Gasteiger partial charge in [-0.15, -0.1) is 0 Å². The van der Waals surface area contributed by atoms with Gasteiger partial charge in [-0.2, -0.15) is 0 Å². The predicted octanol–water partition coefficient (Wildman–Crippen LogP) is 4.69. The third-order valence-corrected chi connectivity index (χ3v) is 9.61. The van der Waals surface area contributed by atoms with Crippen molar-refractivity contribution in [3.8, 4) is 0 Å². The van der Waals surface area contributed by atoms with Crippen LogP contribution in [0.25, 0.3) is 0 Å². The molecule has 2 saturated heterocycles. The number of benzene rings is 3. The third kappa shape index (κ3) is 5.08. The molecule has 0 unspecified atom stereocenters. The van der Waals surface area contributed by atoms with Crippen LogP contribution in [0.5, 0.6) is 0 Å². The molecule has 0 radical (unpaired) electrons. The highest BCUT2D eigenvalue weighted by Crippen LogP contribution is 2.47. The van der Waals surface area contributed by atoms with E-state index in [9.17, 15) is 19.8 Å². The highest BCUT2D eigenvalue weighted by atomic mass is 79.9. The topological polar surface area (TPSA) is 96.3 Å². The van der Waals surface area contributed by atoms with Gasteiger partial charge < -0.3 is 25.3 Å². The van der Waals surface area contributed by atoms with Crippen LogP contribution in [0.1, 0.15) is 37.3 Å². The van der Waals surface area contributed by atoms with Gasteiger partial charge in [0.1, 0.15) is 5.54 Å². The zero-order chi connectivity index (χ0) is 30.2. The van der Waals surface area contributed by atoms with Crippen molar-refractivity contribution < 1.29 is 19.8 Å². The van der Waals surface area contributed by atoms with E-state index in [1.54, 1.807) is 23.1 Å². The number of anilines is 3. The van der Waals surface area contributed by atoms with Gasteiger partial charge in [0.15, 0.2) is 5.60 Å². The second kappa shape index (κ2) is 11.9. The molecule has 9 heteroatoms. The average Bonchev–Trinajstić information content (AvgIpc) is 3.41. The van der Waals surface area contributed by atoms with Crippen LogP contribution in [-0.4, -0.2) is 53.9 Å². The van der Waals surface area contributed by atoms with Crippen molar-refractivity contribution in [3.05, 3.63) is 101 Å². The second-order valence-electron chi connectivity index (χ2n) is 11.6. The van der Waals surface area contributed by atoms with Gasteiger partial charge in [0, 0.05) is 33.9 Å². The highest BCUT2D eigenvalue weighted by Gasteiger charge is 2.54. The van der Waals surface area contributed by atoms with E-state index in [-0.39, 0.29) is 19.1 Å². The van der Waals surface area contributed by atoms with E-state index in [0.717, 1.165) is 47.3 Å². The summed E-state index contributed by atoms with van der Waals surface area (Å²) in [4.78, 5) is 33.9. The first-order valence-corrected chi connectivity index (χ1v) is 15.6. The van der Waals surface area contributed by atoms with Crippen molar-refractivity contribution in [1.82, 2.24) is 5.32 Å². The molecule has 3 aliphatic rings. The first-order chi connectivity index (χ1) is 20.8. The van der Waals surface area contributed by atoms with Crippen LogP contribution in [0.4, 0.5) is 17.1 Å². The number of nitrogens with zero attached hydrogens (tertiary/aromatic N) is 3. The SMILES string of the molecule is C[C@@H](/C=C/CCO)[C@]1(O)C(=O)N(Cc2cccc(N3CN(c4ccccc4)C4(CCNCC4)C3=O)c2)c2ccc(Br)cc21. The maximum absolute atomic E-state index is 14.2. The number of rotatable bonds is 8. The van der Waals surface area contributed by atoms with E-state index in [1.165, 1.54) is 0 Å². The lowest BCUT2D eigenvalue weighted by Gasteiger charge is -2.39. The molecule has 2 atom stereocenters. The number of aliphatic hydroxyl groups excluding tert-OH is 1. The normalized spacial score (nSPS) is 22.2. The number of nitrogens with one attached hydrogen (secondary N) is 1. The van der Waals surface area contributed by atoms with Gasteiger partial charge in [-0.3, -0.25) is 14.5 Å². The van der Waals surface area contributed by atoms with Crippen LogP contribution in [0.15, 0.2) is 89.4 Å². The van der Waals surface area contributed by atoms with Crippen LogP contribution < -0.4 is 20.0 Å². The van der Waals surface area contributed by atoms with Crippen LogP contribution in [0, 0.1) is 5.92 Å². The Kier molecular flexibility index (Phi) is 8.17. The lowest BCUT2D eigenvalue weighted by atomic mass is 9.83. The van der Waals surface area contributed by atoms with Crippen LogP contribution >= 0.6 is 15.9 Å². The van der Waals surface area contributed by atoms with E-state index < -0.39 is 23.0 Å². The van der Waals surface area contributed by atoms with Crippen LogP contribution in [0.3, 0.4) is 0 Å². The van der Waals surface area contributed by atoms with Gasteiger partial charge >= 0.3 is 0 Å². The maximum Gasteiger partial charge on any atom is 0.264 e. The number of para-hydroxylation sites is 1. The third-order valence-electron chi connectivity index (χ3n) is 9.11. The first kappa shape index (κ1) is 29.6. The molecule has 8 nitrogen and oxygen atoms in total. The monoisotopic (exact) mass is 644 g/mol. The molecule has 3 aromatic rings. The van der Waals surface area contributed by atoms with E-state index in [1.807, 2.05) is 66.4 Å². The number of piperidine rings is 1. The Hall–Kier alpha value is -3.50. The Morgan fingerprint density at radius 1 is 0.977 bits per heavy atom. The summed E-state index contributed by atoms with van der Waals surface area (Å²) in [5.74, 6) is -0.808. The number of aliphatic hydroxyl groups is 2. The molecule has 43 heavy (non-hydrogen) atoms. The van der Waals surface area contributed by atoms with E-state index in [2.05, 4.69) is 38.3 Å². The number of fused-ring (bicyclic) bond motifs is 1. The van der Waals surface area contributed by atoms with E-state index in [0.29, 0.717) is 24.3 Å². The van der Waals surface area contributed by atoms with Crippen molar-refractivity contribution in [2.45, 2.75) is 43.9 Å². The number of carbonyl (C=O) groups is 2. The summed E-state index contributed by atoms with van der Waals surface area (Å²) in [6, 6.07) is 23.5. The average molecular weight is 646 g/mol. The number of amides is 2. The highest BCUT2D eigenvalue weighted by molar-refractivity contribution is 9.10. The Balaban J connectivity index is 1.31. The molecule has 1 spiro atoms. The fraction of sp³-hybridized carbons (Fsp3) is 0.353. The Morgan fingerprint density at radius 2 is 1.72 bits per heavy atom. The summed E-state index contributed by atoms with van der Waals surface area (Å²) >= 11 is 3.50. The van der Waals surface area contributed by atoms with Crippen LogP contribution in [-0.2, 0) is 21.7 Å². The molecule has 0 aliphatic carbocycles. The summed E-state index contributed by atoms with van der Waals surface area (Å²) in [7, 11) is 0. The van der Waals surface area contributed by atoms with E-state index >= 15 is 0 Å². The van der Waals surface area contributed by atoms with Crippen molar-refractivity contribution in [2.75, 3.05) is 41.1 Å². The van der Waals surface area contributed by atoms with Crippen molar-refractivity contribution in [3.63, 3.8) is 0 Å². The second-order valence-corrected chi connectivity index (χ2v) is 12.6. The zero-order valence-electron chi connectivity index (χ0n) is 24.2. The Bertz CT molecular complexity index is 1540. The van der Waals surface area contributed by atoms with Gasteiger partial charge in [0.2, 0.25) is 0 Å². The summed E-state index contributed by atoms with van der Waals surface area (Å²) in [5, 5.41) is 24.5. The molecule has 3 aliphatic heterocycles. The summed E-state index contributed by atoms with van der Waals surface area (Å²) in [6.45, 7) is 4.08. The minimum atomic E-state index is -1.74. The summed E-state index contributed by atoms with van der Waals surface area (Å²) in [5.41, 5.74) is 1.54. The fourth-order valence-electron chi connectivity index (χ4n) is 6.76. The minimum Gasteiger partial charge on any atom is -0.396 e. The quantitative estimate of drug-likeness (QED) is 0.308. The lowest BCUT2D eigenvalue weighted by Crippen LogP contribution is -2.55. The molecule has 0 aromatic heterocycles. The molecule has 3 N–H and O–H groups in total. The molecule has 0 bridgehead atoms. The van der Waals surface area contributed by atoms with Gasteiger partial charge in [0.05, 0.1) is 18.9 Å². The van der Waals surface area contributed by atoms with E-state index in [4.69, 9.17) is 0 Å². The number of halogens is 1. The number of hydrogen-bond donors (Lipinski definition) is 3. The number of carbonyl (C=O) groups excluding carboxylic acids is 2. The standard InChI is InChI=1S/C34H37BrN4O4/c1-24(8-5-6-19-40)34(43)29-21-26(35)13-14-30(29)37(32(34)42)22-25-9-7-12-28(20-25)38-23-39(27-10-3-2-4-11-27)33(31(38)41)15-17-36-18-16-33/h2-5,7-14,20-21,24,36,40,43H,6,15-19,22-23H2,1H3/b8-5+/t24-,34+/m0/s1.